The van der Waals surface area contributed by atoms with E-state index < -0.39 is 23.4 Å². The molecule has 3 aromatic carbocycles. The molecule has 0 fully saturated rings. The summed E-state index contributed by atoms with van der Waals surface area (Å²) in [5.41, 5.74) is 2.50. The summed E-state index contributed by atoms with van der Waals surface area (Å²) in [6.07, 6.45) is 6.40. The molecule has 4 rings (SSSR count). The lowest BCUT2D eigenvalue weighted by molar-refractivity contribution is 0.0503. The molecule has 0 atom stereocenters. The van der Waals surface area contributed by atoms with E-state index in [4.69, 9.17) is 4.74 Å². The summed E-state index contributed by atoms with van der Waals surface area (Å²) in [5.74, 6) is -2.62. The molecular formula is C30H26F3NO3. The highest BCUT2D eigenvalue weighted by atomic mass is 19.1. The molecule has 0 radical (unpaired) electrons. The minimum absolute atomic E-state index is 0.185. The first-order chi connectivity index (χ1) is 17.9. The van der Waals surface area contributed by atoms with E-state index in [2.05, 4.69) is 0 Å². The number of esters is 1. The minimum Gasteiger partial charge on any atom is -0.462 e. The van der Waals surface area contributed by atoms with Crippen LogP contribution in [-0.4, -0.2) is 22.9 Å². The van der Waals surface area contributed by atoms with Crippen molar-refractivity contribution in [1.82, 2.24) is 4.57 Å². The van der Waals surface area contributed by atoms with Gasteiger partial charge >= 0.3 is 5.97 Å². The Balaban J connectivity index is 1.49. The number of aryl methyl sites for hydroxylation is 1. The number of aromatic nitrogens is 1. The molecule has 1 heterocycles. The van der Waals surface area contributed by atoms with Gasteiger partial charge in [0, 0.05) is 35.3 Å². The number of nitrogens with zero attached hydrogens (tertiary/aromatic N) is 1. The van der Waals surface area contributed by atoms with Crippen LogP contribution in [0.4, 0.5) is 13.2 Å². The first-order valence-corrected chi connectivity index (χ1v) is 12.0. The van der Waals surface area contributed by atoms with Crippen LogP contribution in [-0.2, 0) is 17.7 Å². The number of halogens is 3. The predicted molar refractivity (Wildman–Crippen MR) is 136 cm³/mol. The van der Waals surface area contributed by atoms with E-state index in [0.717, 1.165) is 17.0 Å². The van der Waals surface area contributed by atoms with E-state index in [0.29, 0.717) is 36.0 Å². The van der Waals surface area contributed by atoms with E-state index in [9.17, 15) is 22.8 Å². The van der Waals surface area contributed by atoms with Gasteiger partial charge in [-0.3, -0.25) is 4.79 Å². The van der Waals surface area contributed by atoms with Crippen molar-refractivity contribution in [2.75, 3.05) is 6.61 Å². The maximum absolute atomic E-state index is 13.7. The molecule has 0 spiro atoms. The van der Waals surface area contributed by atoms with Crippen molar-refractivity contribution < 1.29 is 27.5 Å². The number of fused-ring (bicyclic) bond motifs is 1. The van der Waals surface area contributed by atoms with Gasteiger partial charge in [0.2, 0.25) is 0 Å². The summed E-state index contributed by atoms with van der Waals surface area (Å²) in [7, 11) is 0. The van der Waals surface area contributed by atoms with Crippen LogP contribution in [0.1, 0.15) is 51.6 Å². The van der Waals surface area contributed by atoms with Crippen LogP contribution in [0.15, 0.2) is 79.0 Å². The molecule has 4 aromatic rings. The number of allylic oxidation sites excluding steroid dienone is 2. The summed E-state index contributed by atoms with van der Waals surface area (Å²) < 4.78 is 48.0. The Hall–Kier alpha value is -4.13. The highest BCUT2D eigenvalue weighted by Crippen LogP contribution is 2.24. The van der Waals surface area contributed by atoms with Gasteiger partial charge in [-0.2, -0.15) is 0 Å². The number of ether oxygens (including phenoxy) is 1. The minimum atomic E-state index is -0.659. The maximum Gasteiger partial charge on any atom is 0.338 e. The standard InChI is InChI=1S/C30H26F3NO3/c1-2-13-37-30(36)26-17-22(31)12-11-21(26)7-3-6-10-29(35)27-19-34(28-9-5-4-8-25(27)28)18-20-14-23(32)16-24(33)15-20/h4-6,8-12,14-17,19H,2-3,7,13,18H2,1H3/b10-6-. The SMILES string of the molecule is CCCOC(=O)c1cc(F)ccc1CC/C=C\C(=O)c1cn(Cc2cc(F)cc(F)c2)c2ccccc12. The monoisotopic (exact) mass is 505 g/mol. The second kappa shape index (κ2) is 11.7. The molecule has 0 amide bonds. The number of benzene rings is 3. The number of rotatable bonds is 10. The van der Waals surface area contributed by atoms with Crippen molar-refractivity contribution in [2.24, 2.45) is 0 Å². The average Bonchev–Trinajstić information content (AvgIpc) is 3.23. The highest BCUT2D eigenvalue weighted by molar-refractivity contribution is 6.13. The Morgan fingerprint density at radius 1 is 0.919 bits per heavy atom. The lowest BCUT2D eigenvalue weighted by atomic mass is 10.0. The summed E-state index contributed by atoms with van der Waals surface area (Å²) in [4.78, 5) is 25.3. The average molecular weight is 506 g/mol. The van der Waals surface area contributed by atoms with E-state index in [-0.39, 0.29) is 24.5 Å². The van der Waals surface area contributed by atoms with Crippen molar-refractivity contribution in [2.45, 2.75) is 32.7 Å². The fourth-order valence-corrected chi connectivity index (χ4v) is 4.22. The second-order valence-electron chi connectivity index (χ2n) is 8.71. The lowest BCUT2D eigenvalue weighted by Crippen LogP contribution is -2.09. The number of carbonyl (C=O) groups is 2. The van der Waals surface area contributed by atoms with Gasteiger partial charge in [-0.1, -0.05) is 37.3 Å². The predicted octanol–water partition coefficient (Wildman–Crippen LogP) is 7.05. The van der Waals surface area contributed by atoms with Crippen LogP contribution in [0.5, 0.6) is 0 Å². The van der Waals surface area contributed by atoms with Gasteiger partial charge in [0.05, 0.1) is 12.2 Å². The summed E-state index contributed by atoms with van der Waals surface area (Å²) in [6.45, 7) is 2.33. The zero-order valence-electron chi connectivity index (χ0n) is 20.3. The van der Waals surface area contributed by atoms with Crippen molar-refractivity contribution in [3.05, 3.63) is 119 Å². The summed E-state index contributed by atoms with van der Waals surface area (Å²) >= 11 is 0. The molecule has 0 aliphatic carbocycles. The summed E-state index contributed by atoms with van der Waals surface area (Å²) in [5, 5.41) is 0.730. The quantitative estimate of drug-likeness (QED) is 0.132. The van der Waals surface area contributed by atoms with Gasteiger partial charge in [0.15, 0.2) is 5.78 Å². The molecule has 1 aromatic heterocycles. The Bertz CT molecular complexity index is 1450. The smallest absolute Gasteiger partial charge is 0.338 e. The maximum atomic E-state index is 13.7. The van der Waals surface area contributed by atoms with Crippen molar-refractivity contribution in [3.63, 3.8) is 0 Å². The van der Waals surface area contributed by atoms with Crippen LogP contribution in [0.3, 0.4) is 0 Å². The molecule has 4 nitrogen and oxygen atoms in total. The van der Waals surface area contributed by atoms with Crippen LogP contribution in [0.25, 0.3) is 10.9 Å². The number of hydrogen-bond acceptors (Lipinski definition) is 3. The Morgan fingerprint density at radius 2 is 1.68 bits per heavy atom. The molecular weight excluding hydrogens is 479 g/mol. The lowest BCUT2D eigenvalue weighted by Gasteiger charge is -2.08. The Morgan fingerprint density at radius 3 is 2.43 bits per heavy atom. The highest BCUT2D eigenvalue weighted by Gasteiger charge is 2.15. The van der Waals surface area contributed by atoms with Crippen LogP contribution >= 0.6 is 0 Å². The third-order valence-electron chi connectivity index (χ3n) is 5.91. The number of para-hydroxylation sites is 1. The van der Waals surface area contributed by atoms with Gasteiger partial charge in [-0.25, -0.2) is 18.0 Å². The van der Waals surface area contributed by atoms with Crippen molar-refractivity contribution in [3.8, 4) is 0 Å². The van der Waals surface area contributed by atoms with E-state index in [1.54, 1.807) is 22.9 Å². The fraction of sp³-hybridized carbons (Fsp3) is 0.200. The molecule has 0 aliphatic rings. The molecule has 0 saturated heterocycles. The molecule has 0 unspecified atom stereocenters. The zero-order valence-corrected chi connectivity index (χ0v) is 20.3. The first-order valence-electron chi connectivity index (χ1n) is 12.0. The van der Waals surface area contributed by atoms with Gasteiger partial charge in [0.1, 0.15) is 17.5 Å². The third-order valence-corrected chi connectivity index (χ3v) is 5.91. The van der Waals surface area contributed by atoms with Crippen molar-refractivity contribution in [1.29, 1.82) is 0 Å². The normalized spacial score (nSPS) is 11.4. The molecule has 7 heteroatoms. The number of hydrogen-bond donors (Lipinski definition) is 0. The Kier molecular flexibility index (Phi) is 8.23. The van der Waals surface area contributed by atoms with Crippen LogP contribution < -0.4 is 0 Å². The fourth-order valence-electron chi connectivity index (χ4n) is 4.22. The van der Waals surface area contributed by atoms with Gasteiger partial charge < -0.3 is 9.30 Å². The molecule has 0 N–H and O–H groups in total. The van der Waals surface area contributed by atoms with Crippen molar-refractivity contribution >= 4 is 22.7 Å². The molecule has 0 bridgehead atoms. The van der Waals surface area contributed by atoms with Crippen LogP contribution in [0.2, 0.25) is 0 Å². The zero-order chi connectivity index (χ0) is 26.4. The van der Waals surface area contributed by atoms with E-state index in [1.807, 2.05) is 31.2 Å². The van der Waals surface area contributed by atoms with Gasteiger partial charge in [-0.15, -0.1) is 0 Å². The number of carbonyl (C=O) groups excluding carboxylic acids is 2. The molecule has 0 aliphatic heterocycles. The van der Waals surface area contributed by atoms with Gasteiger partial charge in [-0.05, 0) is 66.8 Å². The molecule has 190 valence electrons. The second-order valence-corrected chi connectivity index (χ2v) is 8.71. The molecule has 0 saturated carbocycles. The number of ketones is 1. The first kappa shape index (κ1) is 25.9. The third kappa shape index (κ3) is 6.36. The topological polar surface area (TPSA) is 48.3 Å². The Labute approximate surface area is 213 Å². The summed E-state index contributed by atoms with van der Waals surface area (Å²) in [6, 6.07) is 14.7. The molecule has 37 heavy (non-hydrogen) atoms. The largest absolute Gasteiger partial charge is 0.462 e. The van der Waals surface area contributed by atoms with Gasteiger partial charge in [0.25, 0.3) is 0 Å². The van der Waals surface area contributed by atoms with E-state index >= 15 is 0 Å². The van der Waals surface area contributed by atoms with E-state index in [1.165, 1.54) is 30.3 Å². The van der Waals surface area contributed by atoms with Crippen LogP contribution in [0, 0.1) is 17.5 Å².